The van der Waals surface area contributed by atoms with Crippen molar-refractivity contribution in [3.8, 4) is 0 Å². The second kappa shape index (κ2) is 3.24. The van der Waals surface area contributed by atoms with Gasteiger partial charge in [-0.3, -0.25) is 0 Å². The minimum atomic E-state index is 0.883. The first kappa shape index (κ1) is 9.22. The van der Waals surface area contributed by atoms with Gasteiger partial charge in [0.05, 0.1) is 0 Å². The molecule has 0 aliphatic heterocycles. The van der Waals surface area contributed by atoms with E-state index in [2.05, 4.69) is 43.3 Å². The summed E-state index contributed by atoms with van der Waals surface area (Å²) < 4.78 is 0. The van der Waals surface area contributed by atoms with Crippen LogP contribution in [-0.4, -0.2) is 0 Å². The van der Waals surface area contributed by atoms with Gasteiger partial charge in [0.2, 0.25) is 0 Å². The van der Waals surface area contributed by atoms with E-state index in [1.807, 2.05) is 12.1 Å². The molecule has 0 spiro atoms. The number of benzene rings is 3. The van der Waals surface area contributed by atoms with Crippen LogP contribution in [-0.2, 0) is 0 Å². The lowest BCUT2D eigenvalue weighted by Gasteiger charge is -2.07. The average molecular weight is 207 g/mol. The summed E-state index contributed by atoms with van der Waals surface area (Å²) in [6.45, 7) is 2.10. The predicted octanol–water partition coefficient (Wildman–Crippen LogP) is 3.88. The lowest BCUT2D eigenvalue weighted by molar-refractivity contribution is 1.51. The molecule has 2 N–H and O–H groups in total. The molecule has 0 atom stereocenters. The Labute approximate surface area is 94.5 Å². The molecule has 78 valence electrons. The number of hydrogen-bond acceptors (Lipinski definition) is 1. The summed E-state index contributed by atoms with van der Waals surface area (Å²) >= 11 is 0. The summed E-state index contributed by atoms with van der Waals surface area (Å²) in [5.74, 6) is 0. The van der Waals surface area contributed by atoms with Crippen molar-refractivity contribution in [3.05, 3.63) is 54.1 Å². The summed E-state index contributed by atoms with van der Waals surface area (Å²) in [6, 6.07) is 16.8. The number of nitrogens with two attached hydrogens (primary N) is 1. The number of hydrogen-bond donors (Lipinski definition) is 1. The van der Waals surface area contributed by atoms with Gasteiger partial charge in [0, 0.05) is 16.5 Å². The number of fused-ring (bicyclic) bond motifs is 2. The van der Waals surface area contributed by atoms with Crippen LogP contribution in [0.1, 0.15) is 5.56 Å². The van der Waals surface area contributed by atoms with Crippen LogP contribution in [0.15, 0.2) is 48.5 Å². The fourth-order valence-corrected chi connectivity index (χ4v) is 2.23. The van der Waals surface area contributed by atoms with Gasteiger partial charge in [0.1, 0.15) is 0 Å². The Balaban J connectivity index is 2.55. The third kappa shape index (κ3) is 1.25. The molecule has 3 rings (SSSR count). The van der Waals surface area contributed by atoms with Crippen molar-refractivity contribution >= 4 is 27.2 Å². The Kier molecular flexibility index (Phi) is 1.87. The third-order valence-electron chi connectivity index (χ3n) is 3.06. The zero-order valence-electron chi connectivity index (χ0n) is 9.20. The van der Waals surface area contributed by atoms with Crippen molar-refractivity contribution in [1.82, 2.24) is 0 Å². The quantitative estimate of drug-likeness (QED) is 0.439. The highest BCUT2D eigenvalue weighted by molar-refractivity contribution is 6.10. The zero-order chi connectivity index (χ0) is 11.1. The Morgan fingerprint density at radius 3 is 2.44 bits per heavy atom. The van der Waals surface area contributed by atoms with Crippen molar-refractivity contribution in [3.63, 3.8) is 0 Å². The molecule has 0 saturated carbocycles. The molecule has 0 fully saturated rings. The zero-order valence-corrected chi connectivity index (χ0v) is 9.20. The van der Waals surface area contributed by atoms with Gasteiger partial charge < -0.3 is 5.73 Å². The van der Waals surface area contributed by atoms with E-state index in [0.29, 0.717) is 0 Å². The van der Waals surface area contributed by atoms with Gasteiger partial charge in [0.15, 0.2) is 0 Å². The van der Waals surface area contributed by atoms with Crippen LogP contribution in [0.4, 0.5) is 5.69 Å². The van der Waals surface area contributed by atoms with E-state index in [1.54, 1.807) is 0 Å². The van der Waals surface area contributed by atoms with Gasteiger partial charge in [0.25, 0.3) is 0 Å². The number of anilines is 1. The first-order valence-electron chi connectivity index (χ1n) is 5.43. The molecule has 0 aliphatic carbocycles. The fourth-order valence-electron chi connectivity index (χ4n) is 2.23. The Morgan fingerprint density at radius 1 is 0.812 bits per heavy atom. The Morgan fingerprint density at radius 2 is 1.56 bits per heavy atom. The number of rotatable bonds is 0. The Hall–Kier alpha value is -2.02. The molecule has 1 nitrogen and oxygen atoms in total. The van der Waals surface area contributed by atoms with Gasteiger partial charge in [-0.1, -0.05) is 48.0 Å². The first-order valence-corrected chi connectivity index (χ1v) is 5.43. The second-order valence-corrected chi connectivity index (χ2v) is 4.24. The van der Waals surface area contributed by atoms with Crippen molar-refractivity contribution in [1.29, 1.82) is 0 Å². The molecule has 3 aromatic rings. The summed E-state index contributed by atoms with van der Waals surface area (Å²) in [5.41, 5.74) is 8.35. The average Bonchev–Trinajstić information content (AvgIpc) is 2.29. The second-order valence-electron chi connectivity index (χ2n) is 4.24. The third-order valence-corrected chi connectivity index (χ3v) is 3.06. The molecule has 0 aromatic heterocycles. The summed E-state index contributed by atoms with van der Waals surface area (Å²) in [5, 5.41) is 4.71. The van der Waals surface area contributed by atoms with Crippen molar-refractivity contribution in [2.45, 2.75) is 6.92 Å². The molecule has 0 unspecified atom stereocenters. The van der Waals surface area contributed by atoms with E-state index in [-0.39, 0.29) is 0 Å². The minimum Gasteiger partial charge on any atom is -0.398 e. The molecule has 3 aromatic carbocycles. The standard InChI is InChI=1S/C15H13N/c1-10-6-7-14-12(8-10)9-11-4-2-3-5-13(11)15(14)16/h2-9H,16H2,1H3. The van der Waals surface area contributed by atoms with E-state index in [1.165, 1.54) is 16.3 Å². The molecule has 0 bridgehead atoms. The lowest BCUT2D eigenvalue weighted by atomic mass is 10.00. The number of nitrogen functional groups attached to an aromatic ring is 1. The molecule has 0 radical (unpaired) electrons. The van der Waals surface area contributed by atoms with Gasteiger partial charge in [-0.2, -0.15) is 0 Å². The largest absolute Gasteiger partial charge is 0.398 e. The molecule has 16 heavy (non-hydrogen) atoms. The smallest absolute Gasteiger partial charge is 0.0473 e. The molecular formula is C15H13N. The van der Waals surface area contributed by atoms with Gasteiger partial charge in [-0.15, -0.1) is 0 Å². The van der Waals surface area contributed by atoms with E-state index in [4.69, 9.17) is 5.73 Å². The van der Waals surface area contributed by atoms with Gasteiger partial charge in [-0.05, 0) is 23.8 Å². The van der Waals surface area contributed by atoms with Crippen LogP contribution >= 0.6 is 0 Å². The SMILES string of the molecule is Cc1ccc2c(N)c3ccccc3cc2c1. The minimum absolute atomic E-state index is 0.883. The van der Waals surface area contributed by atoms with Crippen LogP contribution in [0, 0.1) is 6.92 Å². The van der Waals surface area contributed by atoms with Crippen LogP contribution in [0.5, 0.6) is 0 Å². The maximum absolute atomic E-state index is 6.20. The first-order chi connectivity index (χ1) is 7.75. The normalized spacial score (nSPS) is 11.1. The van der Waals surface area contributed by atoms with Crippen molar-refractivity contribution < 1.29 is 0 Å². The maximum Gasteiger partial charge on any atom is 0.0473 e. The van der Waals surface area contributed by atoms with Crippen molar-refractivity contribution in [2.75, 3.05) is 5.73 Å². The fraction of sp³-hybridized carbons (Fsp3) is 0.0667. The van der Waals surface area contributed by atoms with Gasteiger partial charge >= 0.3 is 0 Å². The lowest BCUT2D eigenvalue weighted by Crippen LogP contribution is -1.89. The highest BCUT2D eigenvalue weighted by Gasteiger charge is 2.03. The van der Waals surface area contributed by atoms with Crippen LogP contribution in [0.3, 0.4) is 0 Å². The van der Waals surface area contributed by atoms with Crippen LogP contribution in [0.2, 0.25) is 0 Å². The maximum atomic E-state index is 6.20. The summed E-state index contributed by atoms with van der Waals surface area (Å²) in [7, 11) is 0. The Bertz CT molecular complexity index is 683. The van der Waals surface area contributed by atoms with E-state index in [0.717, 1.165) is 16.5 Å². The number of aryl methyl sites for hydroxylation is 1. The van der Waals surface area contributed by atoms with Crippen LogP contribution < -0.4 is 5.73 Å². The topological polar surface area (TPSA) is 26.0 Å². The summed E-state index contributed by atoms with van der Waals surface area (Å²) in [4.78, 5) is 0. The monoisotopic (exact) mass is 207 g/mol. The molecule has 0 aliphatic rings. The highest BCUT2D eigenvalue weighted by atomic mass is 14.6. The van der Waals surface area contributed by atoms with E-state index < -0.39 is 0 Å². The van der Waals surface area contributed by atoms with Gasteiger partial charge in [-0.25, -0.2) is 0 Å². The highest BCUT2D eigenvalue weighted by Crippen LogP contribution is 2.30. The summed E-state index contributed by atoms with van der Waals surface area (Å²) in [6.07, 6.45) is 0. The predicted molar refractivity (Wildman–Crippen MR) is 70.6 cm³/mol. The van der Waals surface area contributed by atoms with E-state index >= 15 is 0 Å². The van der Waals surface area contributed by atoms with E-state index in [9.17, 15) is 0 Å². The molecule has 0 saturated heterocycles. The molecule has 1 heteroatoms. The van der Waals surface area contributed by atoms with Crippen LogP contribution in [0.25, 0.3) is 21.5 Å². The molecular weight excluding hydrogens is 194 g/mol. The van der Waals surface area contributed by atoms with Crippen molar-refractivity contribution in [2.24, 2.45) is 0 Å². The molecule has 0 amide bonds. The molecule has 0 heterocycles.